The largest absolute Gasteiger partial charge is 0.326 e. The predicted molar refractivity (Wildman–Crippen MR) is 86.5 cm³/mol. The van der Waals surface area contributed by atoms with Crippen LogP contribution in [0.3, 0.4) is 0 Å². The molecular formula is C15H29NS2. The average molecular weight is 288 g/mol. The summed E-state index contributed by atoms with van der Waals surface area (Å²) in [7, 11) is 0. The maximum absolute atomic E-state index is 6.61. The summed E-state index contributed by atoms with van der Waals surface area (Å²) in [5, 5.41) is 2.26. The zero-order valence-electron chi connectivity index (χ0n) is 12.1. The Morgan fingerprint density at radius 1 is 1.22 bits per heavy atom. The molecule has 0 bridgehead atoms. The van der Waals surface area contributed by atoms with E-state index in [9.17, 15) is 0 Å². The van der Waals surface area contributed by atoms with Crippen LogP contribution in [-0.4, -0.2) is 27.5 Å². The normalized spacial score (nSPS) is 43.7. The monoisotopic (exact) mass is 287 g/mol. The lowest BCUT2D eigenvalue weighted by molar-refractivity contribution is 0.229. The zero-order valence-corrected chi connectivity index (χ0v) is 13.7. The highest BCUT2D eigenvalue weighted by atomic mass is 32.2. The highest BCUT2D eigenvalue weighted by Crippen LogP contribution is 2.41. The summed E-state index contributed by atoms with van der Waals surface area (Å²) in [6.07, 6.45) is 6.98. The van der Waals surface area contributed by atoms with Crippen molar-refractivity contribution in [1.82, 2.24) is 0 Å². The standard InChI is InChI=1S/C15H29NS2/c1-4-12-6-5-7-13(8-12)15(16)14-9-17-10(2)11(3)18-14/h10-15H,4-9,16H2,1-3H3. The summed E-state index contributed by atoms with van der Waals surface area (Å²) < 4.78 is 0. The van der Waals surface area contributed by atoms with E-state index in [1.165, 1.54) is 37.9 Å². The quantitative estimate of drug-likeness (QED) is 0.844. The van der Waals surface area contributed by atoms with E-state index in [2.05, 4.69) is 44.3 Å². The molecule has 3 heteroatoms. The van der Waals surface area contributed by atoms with Gasteiger partial charge in [0.1, 0.15) is 0 Å². The van der Waals surface area contributed by atoms with Gasteiger partial charge in [0.25, 0.3) is 0 Å². The van der Waals surface area contributed by atoms with E-state index in [0.717, 1.165) is 22.3 Å². The summed E-state index contributed by atoms with van der Waals surface area (Å²) in [6.45, 7) is 7.07. The van der Waals surface area contributed by atoms with Gasteiger partial charge < -0.3 is 5.73 Å². The molecular weight excluding hydrogens is 258 g/mol. The maximum Gasteiger partial charge on any atom is 0.0295 e. The lowest BCUT2D eigenvalue weighted by Gasteiger charge is -2.40. The van der Waals surface area contributed by atoms with Crippen molar-refractivity contribution in [3.8, 4) is 0 Å². The number of hydrogen-bond donors (Lipinski definition) is 1. The van der Waals surface area contributed by atoms with Gasteiger partial charge in [-0.25, -0.2) is 0 Å². The van der Waals surface area contributed by atoms with Crippen LogP contribution >= 0.6 is 23.5 Å². The van der Waals surface area contributed by atoms with Crippen molar-refractivity contribution in [2.75, 3.05) is 5.75 Å². The molecule has 18 heavy (non-hydrogen) atoms. The van der Waals surface area contributed by atoms with Crippen LogP contribution in [-0.2, 0) is 0 Å². The first-order valence-corrected chi connectivity index (χ1v) is 9.63. The SMILES string of the molecule is CCC1CCCC(C(N)C2CSC(C)C(C)S2)C1. The van der Waals surface area contributed by atoms with Gasteiger partial charge in [0.2, 0.25) is 0 Å². The highest BCUT2D eigenvalue weighted by molar-refractivity contribution is 8.07. The maximum atomic E-state index is 6.61. The second kappa shape index (κ2) is 6.90. The molecule has 0 amide bonds. The van der Waals surface area contributed by atoms with Crippen molar-refractivity contribution in [1.29, 1.82) is 0 Å². The molecule has 106 valence electrons. The van der Waals surface area contributed by atoms with Crippen LogP contribution in [0.25, 0.3) is 0 Å². The van der Waals surface area contributed by atoms with Crippen LogP contribution in [0.15, 0.2) is 0 Å². The molecule has 0 aromatic heterocycles. The topological polar surface area (TPSA) is 26.0 Å². The minimum Gasteiger partial charge on any atom is -0.326 e. The molecule has 1 heterocycles. The summed E-state index contributed by atoms with van der Waals surface area (Å²) in [5.41, 5.74) is 6.61. The Morgan fingerprint density at radius 2 is 2.00 bits per heavy atom. The molecule has 2 fully saturated rings. The van der Waals surface area contributed by atoms with Gasteiger partial charge in [0.15, 0.2) is 0 Å². The van der Waals surface area contributed by atoms with Crippen LogP contribution in [0.4, 0.5) is 0 Å². The van der Waals surface area contributed by atoms with Gasteiger partial charge >= 0.3 is 0 Å². The second-order valence-corrected chi connectivity index (χ2v) is 9.23. The van der Waals surface area contributed by atoms with Gasteiger partial charge in [-0.2, -0.15) is 23.5 Å². The lowest BCUT2D eigenvalue weighted by atomic mass is 9.76. The van der Waals surface area contributed by atoms with Crippen molar-refractivity contribution >= 4 is 23.5 Å². The molecule has 0 radical (unpaired) electrons. The van der Waals surface area contributed by atoms with E-state index < -0.39 is 0 Å². The van der Waals surface area contributed by atoms with Crippen LogP contribution in [0.2, 0.25) is 0 Å². The molecule has 0 aromatic rings. The Hall–Kier alpha value is 0.660. The highest BCUT2D eigenvalue weighted by Gasteiger charge is 2.35. The minimum atomic E-state index is 0.437. The molecule has 1 saturated carbocycles. The fraction of sp³-hybridized carbons (Fsp3) is 1.00. The number of hydrogen-bond acceptors (Lipinski definition) is 3. The van der Waals surface area contributed by atoms with Crippen molar-refractivity contribution in [2.24, 2.45) is 17.6 Å². The first kappa shape index (κ1) is 15.1. The van der Waals surface area contributed by atoms with E-state index >= 15 is 0 Å². The van der Waals surface area contributed by atoms with E-state index in [4.69, 9.17) is 5.73 Å². The van der Waals surface area contributed by atoms with Crippen molar-refractivity contribution in [2.45, 2.75) is 74.7 Å². The summed E-state index contributed by atoms with van der Waals surface area (Å²) >= 11 is 4.29. The van der Waals surface area contributed by atoms with E-state index in [1.54, 1.807) is 0 Å². The molecule has 6 atom stereocenters. The van der Waals surface area contributed by atoms with Gasteiger partial charge in [-0.1, -0.05) is 40.0 Å². The van der Waals surface area contributed by atoms with Crippen molar-refractivity contribution < 1.29 is 0 Å². The van der Waals surface area contributed by atoms with E-state index in [0.29, 0.717) is 11.3 Å². The second-order valence-electron chi connectivity index (χ2n) is 6.20. The summed E-state index contributed by atoms with van der Waals surface area (Å²) in [6, 6.07) is 0.437. The van der Waals surface area contributed by atoms with Crippen LogP contribution in [0, 0.1) is 11.8 Å². The molecule has 0 aromatic carbocycles. The fourth-order valence-electron chi connectivity index (χ4n) is 3.37. The third-order valence-corrected chi connectivity index (χ3v) is 8.49. The Bertz CT molecular complexity index is 253. The van der Waals surface area contributed by atoms with Gasteiger partial charge in [-0.05, 0) is 24.7 Å². The smallest absolute Gasteiger partial charge is 0.0295 e. The average Bonchev–Trinajstić information content (AvgIpc) is 2.41. The Morgan fingerprint density at radius 3 is 2.67 bits per heavy atom. The van der Waals surface area contributed by atoms with Crippen LogP contribution in [0.1, 0.15) is 52.9 Å². The third kappa shape index (κ3) is 3.61. The predicted octanol–water partition coefficient (Wildman–Crippen LogP) is 4.16. The Labute approximate surface area is 121 Å². The summed E-state index contributed by atoms with van der Waals surface area (Å²) in [4.78, 5) is 0. The van der Waals surface area contributed by atoms with Crippen molar-refractivity contribution in [3.63, 3.8) is 0 Å². The first-order chi connectivity index (χ1) is 8.61. The molecule has 2 rings (SSSR count). The lowest BCUT2D eigenvalue weighted by Crippen LogP contribution is -2.45. The number of thioether (sulfide) groups is 2. The van der Waals surface area contributed by atoms with Crippen LogP contribution in [0.5, 0.6) is 0 Å². The minimum absolute atomic E-state index is 0.437. The van der Waals surface area contributed by atoms with Gasteiger partial charge in [0, 0.05) is 27.5 Å². The van der Waals surface area contributed by atoms with Gasteiger partial charge in [-0.3, -0.25) is 0 Å². The van der Waals surface area contributed by atoms with Crippen molar-refractivity contribution in [3.05, 3.63) is 0 Å². The molecule has 1 nitrogen and oxygen atoms in total. The van der Waals surface area contributed by atoms with Crippen LogP contribution < -0.4 is 5.73 Å². The summed E-state index contributed by atoms with van der Waals surface area (Å²) in [5.74, 6) is 3.01. The number of nitrogens with two attached hydrogens (primary N) is 1. The Kier molecular flexibility index (Phi) is 5.77. The first-order valence-electron chi connectivity index (χ1n) is 7.64. The molecule has 2 N–H and O–H groups in total. The Balaban J connectivity index is 1.88. The van der Waals surface area contributed by atoms with Gasteiger partial charge in [-0.15, -0.1) is 0 Å². The molecule has 1 saturated heterocycles. The molecule has 2 aliphatic rings. The zero-order chi connectivity index (χ0) is 13.1. The third-order valence-electron chi connectivity index (χ3n) is 4.95. The van der Waals surface area contributed by atoms with E-state index in [1.807, 2.05) is 0 Å². The molecule has 6 unspecified atom stereocenters. The molecule has 1 aliphatic heterocycles. The molecule has 0 spiro atoms. The molecule has 1 aliphatic carbocycles. The number of rotatable bonds is 3. The van der Waals surface area contributed by atoms with E-state index in [-0.39, 0.29) is 0 Å². The van der Waals surface area contributed by atoms with Gasteiger partial charge in [0.05, 0.1) is 0 Å². The fourth-order valence-corrected chi connectivity index (χ4v) is 6.51.